The fourth-order valence-electron chi connectivity index (χ4n) is 4.52. The smallest absolute Gasteiger partial charge is 0.408 e. The van der Waals surface area contributed by atoms with E-state index in [1.165, 1.54) is 19.1 Å². The molecule has 2 aromatic carbocycles. The van der Waals surface area contributed by atoms with E-state index in [2.05, 4.69) is 26.6 Å². The molecule has 6 amide bonds. The number of hydrogen-bond acceptors (Lipinski definition) is 8. The highest BCUT2D eigenvalue weighted by Gasteiger charge is 2.29. The van der Waals surface area contributed by atoms with Crippen molar-refractivity contribution in [3.63, 3.8) is 0 Å². The van der Waals surface area contributed by atoms with Crippen LogP contribution >= 0.6 is 0 Å². The molecule has 0 radical (unpaired) electrons. The van der Waals surface area contributed by atoms with Crippen molar-refractivity contribution < 1.29 is 38.6 Å². The van der Waals surface area contributed by atoms with Crippen LogP contribution in [0, 0.1) is 5.92 Å². The van der Waals surface area contributed by atoms with Gasteiger partial charge in [0.2, 0.25) is 29.5 Å². The summed E-state index contributed by atoms with van der Waals surface area (Å²) in [7, 11) is 0. The number of aromatic hydroxyl groups is 1. The summed E-state index contributed by atoms with van der Waals surface area (Å²) in [5.41, 5.74) is 6.04. The summed E-state index contributed by atoms with van der Waals surface area (Å²) in [6.07, 6.45) is -0.383. The van der Waals surface area contributed by atoms with Gasteiger partial charge in [-0.1, -0.05) is 56.3 Å². The predicted octanol–water partition coefficient (Wildman–Crippen LogP) is 1.19. The Hall–Kier alpha value is -5.14. The van der Waals surface area contributed by atoms with E-state index in [-0.39, 0.29) is 24.5 Å². The lowest BCUT2D eigenvalue weighted by molar-refractivity contribution is -0.132. The number of ether oxygens (including phenoxy) is 1. The van der Waals surface area contributed by atoms with Crippen LogP contribution in [0.4, 0.5) is 4.79 Å². The maximum absolute atomic E-state index is 13.2. The Bertz CT molecular complexity index is 1410. The lowest BCUT2D eigenvalue weighted by atomic mass is 10.0. The van der Waals surface area contributed by atoms with E-state index in [1.807, 2.05) is 19.9 Å². The van der Waals surface area contributed by atoms with E-state index in [0.717, 1.165) is 5.56 Å². The Kier molecular flexibility index (Phi) is 14.9. The molecule has 0 fully saturated rings. The maximum Gasteiger partial charge on any atom is 0.408 e. The number of hydrogen-bond donors (Lipinski definition) is 7. The van der Waals surface area contributed by atoms with Crippen molar-refractivity contribution in [2.75, 3.05) is 6.54 Å². The predicted molar refractivity (Wildman–Crippen MR) is 178 cm³/mol. The van der Waals surface area contributed by atoms with E-state index in [0.29, 0.717) is 12.0 Å². The van der Waals surface area contributed by atoms with Crippen molar-refractivity contribution in [2.24, 2.45) is 11.7 Å². The maximum atomic E-state index is 13.2. The first-order valence-corrected chi connectivity index (χ1v) is 15.7. The molecule has 262 valence electrons. The van der Waals surface area contributed by atoms with Crippen LogP contribution < -0.4 is 32.3 Å². The normalized spacial score (nSPS) is 13.6. The minimum Gasteiger partial charge on any atom is -0.508 e. The summed E-state index contributed by atoms with van der Waals surface area (Å²) < 4.78 is 5.28. The first kappa shape index (κ1) is 39.0. The number of nitrogens with two attached hydrogens (primary N) is 1. The van der Waals surface area contributed by atoms with Gasteiger partial charge >= 0.3 is 6.09 Å². The standard InChI is InChI=1S/C34H48N6O8/c1-20(2)16-25(29(35)43)39-32(46)26(17-22-10-8-7-9-11-22)38-28(42)19-36-30(44)21(3)37-31(45)27(40-33(47)48-34(4,5)6)18-23-12-14-24(41)15-13-23/h7-15,20-21,25-27,41H,16-19H2,1-6H3,(H2,35,43)(H,36,44)(H,37,45)(H,38,42)(H,39,46)(H,40,47)/t21-,25+,26+,27+/m1/s1. The average molecular weight is 669 g/mol. The number of alkyl carbamates (subject to hydrolysis) is 1. The second-order valence-electron chi connectivity index (χ2n) is 12.9. The van der Waals surface area contributed by atoms with Gasteiger partial charge in [-0.25, -0.2) is 4.79 Å². The summed E-state index contributed by atoms with van der Waals surface area (Å²) >= 11 is 0. The molecule has 0 aliphatic rings. The molecule has 0 heterocycles. The Labute approximate surface area is 280 Å². The molecule has 0 saturated carbocycles. The number of phenolic OH excluding ortho intramolecular Hbond substituents is 1. The third kappa shape index (κ3) is 14.5. The lowest BCUT2D eigenvalue weighted by Gasteiger charge is -2.24. The van der Waals surface area contributed by atoms with Crippen LogP contribution in [-0.4, -0.2) is 77.0 Å². The number of carbonyl (C=O) groups is 6. The van der Waals surface area contributed by atoms with Gasteiger partial charge in [-0.05, 0) is 63.3 Å². The minimum absolute atomic E-state index is 0.0285. The number of primary amides is 1. The van der Waals surface area contributed by atoms with Crippen LogP contribution in [0.1, 0.15) is 59.1 Å². The fourth-order valence-corrected chi connectivity index (χ4v) is 4.52. The molecule has 8 N–H and O–H groups in total. The summed E-state index contributed by atoms with van der Waals surface area (Å²) in [6, 6.07) is 10.7. The Morgan fingerprint density at radius 3 is 1.81 bits per heavy atom. The fraction of sp³-hybridized carbons (Fsp3) is 0.471. The minimum atomic E-state index is -1.14. The highest BCUT2D eigenvalue weighted by molar-refractivity contribution is 5.95. The molecule has 14 nitrogen and oxygen atoms in total. The van der Waals surface area contributed by atoms with E-state index in [1.54, 1.807) is 57.2 Å². The quantitative estimate of drug-likeness (QED) is 0.137. The largest absolute Gasteiger partial charge is 0.508 e. The number of rotatable bonds is 16. The molecular formula is C34H48N6O8. The van der Waals surface area contributed by atoms with Gasteiger partial charge in [0, 0.05) is 12.8 Å². The number of nitrogens with one attached hydrogen (secondary N) is 5. The molecule has 0 saturated heterocycles. The van der Waals surface area contributed by atoms with Gasteiger partial charge in [0.1, 0.15) is 35.5 Å². The Balaban J connectivity index is 2.06. The van der Waals surface area contributed by atoms with Gasteiger partial charge < -0.3 is 42.2 Å². The molecule has 2 rings (SSSR count). The zero-order chi connectivity index (χ0) is 36.0. The lowest BCUT2D eigenvalue weighted by Crippen LogP contribution is -2.56. The SMILES string of the molecule is CC(C)C[C@H](NC(=O)[C@H](Cc1ccccc1)NC(=O)CNC(=O)[C@@H](C)NC(=O)[C@H](Cc1ccc(O)cc1)NC(=O)OC(C)(C)C)C(N)=O. The van der Waals surface area contributed by atoms with Crippen LogP contribution in [0.3, 0.4) is 0 Å². The molecule has 14 heteroatoms. The second kappa shape index (κ2) is 18.3. The van der Waals surface area contributed by atoms with E-state index < -0.39 is 71.9 Å². The zero-order valence-electron chi connectivity index (χ0n) is 28.3. The first-order valence-electron chi connectivity index (χ1n) is 15.7. The highest BCUT2D eigenvalue weighted by atomic mass is 16.6. The second-order valence-corrected chi connectivity index (χ2v) is 12.9. The van der Waals surface area contributed by atoms with Crippen molar-refractivity contribution in [3.05, 3.63) is 65.7 Å². The van der Waals surface area contributed by atoms with Crippen molar-refractivity contribution >= 4 is 35.6 Å². The van der Waals surface area contributed by atoms with Crippen molar-refractivity contribution in [1.29, 1.82) is 0 Å². The molecular weight excluding hydrogens is 620 g/mol. The number of amides is 6. The van der Waals surface area contributed by atoms with Crippen LogP contribution in [0.25, 0.3) is 0 Å². The summed E-state index contributed by atoms with van der Waals surface area (Å²) in [6.45, 7) is 9.66. The van der Waals surface area contributed by atoms with Crippen molar-refractivity contribution in [1.82, 2.24) is 26.6 Å². The molecule has 0 bridgehead atoms. The monoisotopic (exact) mass is 668 g/mol. The molecule has 0 aliphatic heterocycles. The molecule has 4 atom stereocenters. The third-order valence-corrected chi connectivity index (χ3v) is 6.86. The molecule has 0 aromatic heterocycles. The first-order chi connectivity index (χ1) is 22.4. The highest BCUT2D eigenvalue weighted by Crippen LogP contribution is 2.13. The average Bonchev–Trinajstić information content (AvgIpc) is 2.99. The third-order valence-electron chi connectivity index (χ3n) is 6.86. The Morgan fingerprint density at radius 1 is 0.729 bits per heavy atom. The van der Waals surface area contributed by atoms with Gasteiger partial charge in [-0.15, -0.1) is 0 Å². The molecule has 0 spiro atoms. The van der Waals surface area contributed by atoms with E-state index >= 15 is 0 Å². The summed E-state index contributed by atoms with van der Waals surface area (Å²) in [5, 5.41) is 22.3. The molecule has 2 aromatic rings. The van der Waals surface area contributed by atoms with Crippen molar-refractivity contribution in [3.8, 4) is 5.75 Å². The summed E-state index contributed by atoms with van der Waals surface area (Å²) in [5.74, 6) is -3.28. The van der Waals surface area contributed by atoms with Gasteiger partial charge in [-0.2, -0.15) is 0 Å². The molecule has 48 heavy (non-hydrogen) atoms. The van der Waals surface area contributed by atoms with E-state index in [9.17, 15) is 33.9 Å². The zero-order valence-corrected chi connectivity index (χ0v) is 28.3. The summed E-state index contributed by atoms with van der Waals surface area (Å²) in [4.78, 5) is 76.6. The molecule has 0 unspecified atom stereocenters. The topological polar surface area (TPSA) is 218 Å². The van der Waals surface area contributed by atoms with Gasteiger partial charge in [0.15, 0.2) is 0 Å². The number of carbonyl (C=O) groups excluding carboxylic acids is 6. The van der Waals surface area contributed by atoms with Gasteiger partial charge in [0.05, 0.1) is 6.54 Å². The molecule has 0 aliphatic carbocycles. The van der Waals surface area contributed by atoms with E-state index in [4.69, 9.17) is 10.5 Å². The number of benzene rings is 2. The van der Waals surface area contributed by atoms with Crippen LogP contribution in [0.5, 0.6) is 5.75 Å². The number of phenols is 1. The van der Waals surface area contributed by atoms with Gasteiger partial charge in [0.25, 0.3) is 0 Å². The van der Waals surface area contributed by atoms with Crippen molar-refractivity contribution in [2.45, 2.75) is 90.6 Å². The van der Waals surface area contributed by atoms with Gasteiger partial charge in [-0.3, -0.25) is 24.0 Å². The van der Waals surface area contributed by atoms with Crippen LogP contribution in [0.15, 0.2) is 54.6 Å². The van der Waals surface area contributed by atoms with Crippen LogP contribution in [-0.2, 0) is 41.6 Å². The van der Waals surface area contributed by atoms with Crippen LogP contribution in [0.2, 0.25) is 0 Å². The Morgan fingerprint density at radius 2 is 1.27 bits per heavy atom.